The second-order valence-electron chi connectivity index (χ2n) is 4.34. The average Bonchev–Trinajstić information content (AvgIpc) is 2.91. The number of tetrazole rings is 1. The fraction of sp³-hybridized carbons (Fsp3) is 0.0714. The molecule has 0 fully saturated rings. The van der Waals surface area contributed by atoms with E-state index < -0.39 is 0 Å². The first-order chi connectivity index (χ1) is 9.74. The summed E-state index contributed by atoms with van der Waals surface area (Å²) in [7, 11) is 0. The summed E-state index contributed by atoms with van der Waals surface area (Å²) in [5.41, 5.74) is 8.57. The number of benzene rings is 2. The lowest BCUT2D eigenvalue weighted by molar-refractivity contribution is 0.756. The van der Waals surface area contributed by atoms with Crippen molar-refractivity contribution >= 4 is 17.4 Å². The van der Waals surface area contributed by atoms with Crippen molar-refractivity contribution in [2.75, 3.05) is 5.73 Å². The highest BCUT2D eigenvalue weighted by Gasteiger charge is 2.11. The fourth-order valence-electron chi connectivity index (χ4n) is 1.86. The van der Waals surface area contributed by atoms with Crippen LogP contribution in [0.2, 0.25) is 0 Å². The molecular weight excluding hydrogens is 270 g/mol. The number of nitrogens with zero attached hydrogens (tertiary/aromatic N) is 4. The van der Waals surface area contributed by atoms with Crippen LogP contribution >= 0.6 is 11.8 Å². The van der Waals surface area contributed by atoms with Gasteiger partial charge in [0.15, 0.2) is 0 Å². The Morgan fingerprint density at radius 1 is 1.10 bits per heavy atom. The van der Waals surface area contributed by atoms with Crippen LogP contribution < -0.4 is 5.73 Å². The van der Waals surface area contributed by atoms with Crippen LogP contribution in [0.1, 0.15) is 5.56 Å². The Balaban J connectivity index is 1.95. The number of rotatable bonds is 3. The van der Waals surface area contributed by atoms with Gasteiger partial charge in [-0.1, -0.05) is 18.2 Å². The smallest absolute Gasteiger partial charge is 0.218 e. The minimum atomic E-state index is 0.726. The van der Waals surface area contributed by atoms with E-state index in [0.717, 1.165) is 27.0 Å². The molecule has 6 heteroatoms. The minimum absolute atomic E-state index is 0.726. The molecule has 0 saturated heterocycles. The van der Waals surface area contributed by atoms with Crippen molar-refractivity contribution in [1.82, 2.24) is 20.2 Å². The Hall–Kier alpha value is -2.34. The highest BCUT2D eigenvalue weighted by molar-refractivity contribution is 7.99. The van der Waals surface area contributed by atoms with Crippen molar-refractivity contribution in [3.05, 3.63) is 54.1 Å². The summed E-state index contributed by atoms with van der Waals surface area (Å²) >= 11 is 1.52. The van der Waals surface area contributed by atoms with Crippen LogP contribution in [-0.4, -0.2) is 20.2 Å². The Kier molecular flexibility index (Phi) is 3.39. The van der Waals surface area contributed by atoms with Gasteiger partial charge in [-0.2, -0.15) is 4.68 Å². The molecule has 0 atom stereocenters. The summed E-state index contributed by atoms with van der Waals surface area (Å²) < 4.78 is 1.72. The first-order valence-electron chi connectivity index (χ1n) is 6.12. The van der Waals surface area contributed by atoms with Crippen LogP contribution in [0.5, 0.6) is 0 Å². The molecule has 0 amide bonds. The van der Waals surface area contributed by atoms with Crippen LogP contribution in [0.4, 0.5) is 5.69 Å². The highest BCUT2D eigenvalue weighted by Crippen LogP contribution is 2.30. The van der Waals surface area contributed by atoms with E-state index >= 15 is 0 Å². The summed E-state index contributed by atoms with van der Waals surface area (Å²) in [5.74, 6) is 0. The van der Waals surface area contributed by atoms with Gasteiger partial charge in [0, 0.05) is 10.6 Å². The summed E-state index contributed by atoms with van der Waals surface area (Å²) in [6.45, 7) is 2.02. The maximum absolute atomic E-state index is 5.77. The average molecular weight is 283 g/mol. The summed E-state index contributed by atoms with van der Waals surface area (Å²) in [6, 6.07) is 15.6. The maximum Gasteiger partial charge on any atom is 0.218 e. The molecular formula is C14H13N5S. The van der Waals surface area contributed by atoms with Gasteiger partial charge in [-0.15, -0.1) is 5.10 Å². The van der Waals surface area contributed by atoms with E-state index in [1.807, 2.05) is 55.5 Å². The molecule has 0 aliphatic carbocycles. The molecule has 0 saturated carbocycles. The van der Waals surface area contributed by atoms with Crippen molar-refractivity contribution in [2.45, 2.75) is 17.0 Å². The van der Waals surface area contributed by atoms with Gasteiger partial charge >= 0.3 is 0 Å². The Labute approximate surface area is 120 Å². The number of nitrogens with two attached hydrogens (primary N) is 1. The summed E-state index contributed by atoms with van der Waals surface area (Å²) in [5, 5.41) is 12.6. The van der Waals surface area contributed by atoms with Crippen LogP contribution in [0.25, 0.3) is 5.69 Å². The second-order valence-corrected chi connectivity index (χ2v) is 5.34. The second kappa shape index (κ2) is 5.34. The van der Waals surface area contributed by atoms with E-state index in [4.69, 9.17) is 5.73 Å². The molecule has 0 radical (unpaired) electrons. The van der Waals surface area contributed by atoms with Gasteiger partial charge in [-0.3, -0.25) is 0 Å². The molecule has 3 rings (SSSR count). The van der Waals surface area contributed by atoms with E-state index in [-0.39, 0.29) is 0 Å². The predicted octanol–water partition coefficient (Wildman–Crippen LogP) is 2.70. The molecule has 2 aromatic carbocycles. The molecule has 1 heterocycles. The lowest BCUT2D eigenvalue weighted by Crippen LogP contribution is -1.98. The van der Waals surface area contributed by atoms with Gasteiger partial charge in [0.05, 0.1) is 5.69 Å². The molecule has 0 unspecified atom stereocenters. The lowest BCUT2D eigenvalue weighted by Gasteiger charge is -2.06. The topological polar surface area (TPSA) is 69.6 Å². The van der Waals surface area contributed by atoms with E-state index in [1.165, 1.54) is 11.8 Å². The zero-order chi connectivity index (χ0) is 13.9. The van der Waals surface area contributed by atoms with E-state index in [2.05, 4.69) is 15.5 Å². The number of para-hydroxylation sites is 1. The number of hydrogen-bond acceptors (Lipinski definition) is 5. The van der Waals surface area contributed by atoms with Crippen molar-refractivity contribution in [1.29, 1.82) is 0 Å². The van der Waals surface area contributed by atoms with E-state index in [9.17, 15) is 0 Å². The van der Waals surface area contributed by atoms with Crippen LogP contribution in [-0.2, 0) is 0 Å². The van der Waals surface area contributed by atoms with Crippen LogP contribution in [0.3, 0.4) is 0 Å². The number of aromatic nitrogens is 4. The van der Waals surface area contributed by atoms with Crippen molar-refractivity contribution in [3.63, 3.8) is 0 Å². The third kappa shape index (κ3) is 2.50. The van der Waals surface area contributed by atoms with Crippen LogP contribution in [0, 0.1) is 6.92 Å². The number of hydrogen-bond donors (Lipinski definition) is 1. The summed E-state index contributed by atoms with van der Waals surface area (Å²) in [4.78, 5) is 1.09. The first-order valence-corrected chi connectivity index (χ1v) is 6.93. The Morgan fingerprint density at radius 2 is 1.90 bits per heavy atom. The normalized spacial score (nSPS) is 10.7. The Bertz CT molecular complexity index is 723. The molecule has 3 aromatic rings. The van der Waals surface area contributed by atoms with Gasteiger partial charge in [-0.05, 0) is 65.0 Å². The van der Waals surface area contributed by atoms with E-state index in [0.29, 0.717) is 0 Å². The van der Waals surface area contributed by atoms with Gasteiger partial charge < -0.3 is 5.73 Å². The molecule has 0 spiro atoms. The molecule has 0 aliphatic rings. The maximum atomic E-state index is 5.77. The first kappa shape index (κ1) is 12.7. The molecule has 20 heavy (non-hydrogen) atoms. The number of anilines is 1. The molecule has 5 nitrogen and oxygen atoms in total. The van der Waals surface area contributed by atoms with Crippen molar-refractivity contribution in [3.8, 4) is 5.69 Å². The Morgan fingerprint density at radius 3 is 2.65 bits per heavy atom. The fourth-order valence-corrected chi connectivity index (χ4v) is 2.72. The number of nitrogen functional groups attached to an aromatic ring is 1. The monoisotopic (exact) mass is 283 g/mol. The molecule has 100 valence electrons. The number of aryl methyl sites for hydroxylation is 1. The lowest BCUT2D eigenvalue weighted by atomic mass is 10.2. The SMILES string of the molecule is Cc1cc(N)ccc1Sc1nnnn1-c1ccccc1. The van der Waals surface area contributed by atoms with Gasteiger partial charge in [-0.25, -0.2) is 0 Å². The molecule has 2 N–H and O–H groups in total. The summed E-state index contributed by atoms with van der Waals surface area (Å²) in [6.07, 6.45) is 0. The third-order valence-corrected chi connectivity index (χ3v) is 3.96. The third-order valence-electron chi connectivity index (χ3n) is 2.84. The van der Waals surface area contributed by atoms with Crippen molar-refractivity contribution < 1.29 is 0 Å². The van der Waals surface area contributed by atoms with Crippen molar-refractivity contribution in [2.24, 2.45) is 0 Å². The molecule has 0 aliphatic heterocycles. The largest absolute Gasteiger partial charge is 0.399 e. The quantitative estimate of drug-likeness (QED) is 0.748. The zero-order valence-corrected chi connectivity index (χ0v) is 11.7. The standard InChI is InChI=1S/C14H13N5S/c1-10-9-11(15)7-8-13(10)20-14-16-17-18-19(14)12-5-3-2-4-6-12/h2-9H,15H2,1H3. The van der Waals surface area contributed by atoms with Gasteiger partial charge in [0.25, 0.3) is 0 Å². The van der Waals surface area contributed by atoms with Gasteiger partial charge in [0.2, 0.25) is 5.16 Å². The van der Waals surface area contributed by atoms with Crippen LogP contribution in [0.15, 0.2) is 58.6 Å². The molecule has 1 aromatic heterocycles. The minimum Gasteiger partial charge on any atom is -0.399 e. The van der Waals surface area contributed by atoms with E-state index in [1.54, 1.807) is 4.68 Å². The zero-order valence-electron chi connectivity index (χ0n) is 10.9. The highest BCUT2D eigenvalue weighted by atomic mass is 32.2. The predicted molar refractivity (Wildman–Crippen MR) is 78.9 cm³/mol. The van der Waals surface area contributed by atoms with Gasteiger partial charge in [0.1, 0.15) is 0 Å². The molecule has 0 bridgehead atoms.